The van der Waals surface area contributed by atoms with Crippen LogP contribution in [-0.2, 0) is 4.79 Å². The molecule has 0 radical (unpaired) electrons. The average Bonchev–Trinajstić information content (AvgIpc) is 2.61. The number of hydrogen-bond acceptors (Lipinski definition) is 4. The summed E-state index contributed by atoms with van der Waals surface area (Å²) < 4.78 is 11.9. The topological polar surface area (TPSA) is 71.3 Å². The molecule has 0 aliphatic carbocycles. The van der Waals surface area contributed by atoms with Gasteiger partial charge >= 0.3 is 0 Å². The Labute approximate surface area is 161 Å². The number of halogens is 1. The fourth-order valence-corrected chi connectivity index (χ4v) is 2.64. The Balaban J connectivity index is 2.29. The lowest BCUT2D eigenvalue weighted by atomic mass is 10.1. The lowest BCUT2D eigenvalue weighted by molar-refractivity contribution is -0.112. The molecule has 0 aliphatic heterocycles. The summed E-state index contributed by atoms with van der Waals surface area (Å²) in [5.74, 6) is 0.744. The number of benzene rings is 2. The molecule has 134 valence electrons. The molecule has 0 aliphatic rings. The molecule has 0 bridgehead atoms. The van der Waals surface area contributed by atoms with Gasteiger partial charge in [-0.2, -0.15) is 5.26 Å². The maximum absolute atomic E-state index is 12.4. The van der Waals surface area contributed by atoms with Crippen LogP contribution in [0.15, 0.2) is 52.5 Å². The van der Waals surface area contributed by atoms with Crippen LogP contribution in [0.3, 0.4) is 0 Å². The van der Waals surface area contributed by atoms with Gasteiger partial charge in [-0.15, -0.1) is 0 Å². The molecule has 2 aromatic rings. The van der Waals surface area contributed by atoms with Crippen molar-refractivity contribution in [3.8, 4) is 17.6 Å². The van der Waals surface area contributed by atoms with Gasteiger partial charge < -0.3 is 14.8 Å². The third-order valence-corrected chi connectivity index (χ3v) is 3.84. The van der Waals surface area contributed by atoms with Crippen LogP contribution in [-0.4, -0.2) is 19.1 Å². The zero-order chi connectivity index (χ0) is 18.9. The summed E-state index contributed by atoms with van der Waals surface area (Å²) in [6.07, 6.45) is 1.51. The zero-order valence-electron chi connectivity index (χ0n) is 14.6. The second-order valence-corrected chi connectivity index (χ2v) is 6.12. The number of ether oxygens (including phenoxy) is 2. The largest absolute Gasteiger partial charge is 0.494 e. The van der Waals surface area contributed by atoms with Crippen LogP contribution < -0.4 is 14.8 Å². The average molecular weight is 415 g/mol. The van der Waals surface area contributed by atoms with Gasteiger partial charge in [0.05, 0.1) is 13.2 Å². The fourth-order valence-electron chi connectivity index (χ4n) is 2.24. The molecule has 0 saturated heterocycles. The van der Waals surface area contributed by atoms with Crippen LogP contribution in [0.4, 0.5) is 5.69 Å². The number of carbonyl (C=O) groups is 1. The molecule has 1 N–H and O–H groups in total. The van der Waals surface area contributed by atoms with Crippen molar-refractivity contribution in [2.45, 2.75) is 13.8 Å². The van der Waals surface area contributed by atoms with Crippen molar-refractivity contribution in [1.82, 2.24) is 0 Å². The molecule has 0 fully saturated rings. The van der Waals surface area contributed by atoms with E-state index < -0.39 is 5.91 Å². The fraction of sp³-hybridized carbons (Fsp3) is 0.200. The van der Waals surface area contributed by atoms with Crippen LogP contribution >= 0.6 is 15.9 Å². The van der Waals surface area contributed by atoms with Gasteiger partial charge in [-0.3, -0.25) is 4.79 Å². The third-order valence-electron chi connectivity index (χ3n) is 3.34. The van der Waals surface area contributed by atoms with Crippen LogP contribution in [0.5, 0.6) is 11.5 Å². The van der Waals surface area contributed by atoms with Crippen molar-refractivity contribution in [1.29, 1.82) is 5.26 Å². The molecule has 0 spiro atoms. The van der Waals surface area contributed by atoms with E-state index >= 15 is 0 Å². The van der Waals surface area contributed by atoms with E-state index in [1.165, 1.54) is 6.08 Å². The molecule has 6 heteroatoms. The van der Waals surface area contributed by atoms with Crippen LogP contribution in [0.1, 0.15) is 19.4 Å². The van der Waals surface area contributed by atoms with Crippen molar-refractivity contribution in [2.24, 2.45) is 0 Å². The number of amides is 1. The minimum atomic E-state index is -0.484. The highest BCUT2D eigenvalue weighted by Gasteiger charge is 2.12. The lowest BCUT2D eigenvalue weighted by Crippen LogP contribution is -2.13. The first-order valence-corrected chi connectivity index (χ1v) is 8.95. The van der Waals surface area contributed by atoms with Crippen LogP contribution in [0.25, 0.3) is 6.08 Å². The molecule has 0 aromatic heterocycles. The summed E-state index contributed by atoms with van der Waals surface area (Å²) in [6, 6.07) is 14.4. The SMILES string of the molecule is CCOc1ccc(/C=C(/C#N)C(=O)Nc2cccc(Br)c2)c(OCC)c1. The Morgan fingerprint density at radius 3 is 2.62 bits per heavy atom. The molecule has 2 rings (SSSR count). The Hall–Kier alpha value is -2.78. The number of nitrogens with one attached hydrogen (secondary N) is 1. The van der Waals surface area contributed by atoms with Crippen molar-refractivity contribution in [2.75, 3.05) is 18.5 Å². The maximum Gasteiger partial charge on any atom is 0.266 e. The van der Waals surface area contributed by atoms with Crippen LogP contribution in [0, 0.1) is 11.3 Å². The van der Waals surface area contributed by atoms with E-state index in [1.54, 1.807) is 36.4 Å². The number of nitrogens with zero attached hydrogens (tertiary/aromatic N) is 1. The summed E-state index contributed by atoms with van der Waals surface area (Å²) in [7, 11) is 0. The van der Waals surface area contributed by atoms with E-state index in [2.05, 4.69) is 21.2 Å². The van der Waals surface area contributed by atoms with E-state index in [0.29, 0.717) is 36.0 Å². The Bertz CT molecular complexity index is 856. The van der Waals surface area contributed by atoms with Gasteiger partial charge in [0.1, 0.15) is 23.1 Å². The standard InChI is InChI=1S/C20H19BrN2O3/c1-3-25-18-9-8-14(19(12-18)26-4-2)10-15(13-22)20(24)23-17-7-5-6-16(21)11-17/h5-12H,3-4H2,1-2H3,(H,23,24)/b15-10-. The number of hydrogen-bond donors (Lipinski definition) is 1. The molecular weight excluding hydrogens is 396 g/mol. The summed E-state index contributed by atoms with van der Waals surface area (Å²) in [5, 5.41) is 12.1. The Morgan fingerprint density at radius 1 is 1.19 bits per heavy atom. The first-order chi connectivity index (χ1) is 12.6. The molecule has 0 heterocycles. The molecule has 26 heavy (non-hydrogen) atoms. The predicted octanol–water partition coefficient (Wildman–Crippen LogP) is 4.79. The van der Waals surface area contributed by atoms with Crippen molar-refractivity contribution in [3.63, 3.8) is 0 Å². The molecule has 5 nitrogen and oxygen atoms in total. The van der Waals surface area contributed by atoms with E-state index in [1.807, 2.05) is 26.0 Å². The van der Waals surface area contributed by atoms with Gasteiger partial charge in [-0.25, -0.2) is 0 Å². The Morgan fingerprint density at radius 2 is 1.96 bits per heavy atom. The Kier molecular flexibility index (Phi) is 7.24. The predicted molar refractivity (Wildman–Crippen MR) is 105 cm³/mol. The smallest absolute Gasteiger partial charge is 0.266 e. The quantitative estimate of drug-likeness (QED) is 0.521. The normalized spacial score (nSPS) is 10.8. The number of carbonyl (C=O) groups excluding carboxylic acids is 1. The van der Waals surface area contributed by atoms with Gasteiger partial charge in [0.15, 0.2) is 0 Å². The van der Waals surface area contributed by atoms with Gasteiger partial charge in [0, 0.05) is 21.8 Å². The highest BCUT2D eigenvalue weighted by Crippen LogP contribution is 2.27. The molecule has 2 aromatic carbocycles. The van der Waals surface area contributed by atoms with Crippen molar-refractivity contribution in [3.05, 3.63) is 58.1 Å². The first-order valence-electron chi connectivity index (χ1n) is 8.15. The van der Waals surface area contributed by atoms with E-state index in [-0.39, 0.29) is 5.57 Å². The molecule has 0 saturated carbocycles. The first kappa shape index (κ1) is 19.5. The highest BCUT2D eigenvalue weighted by molar-refractivity contribution is 9.10. The summed E-state index contributed by atoms with van der Waals surface area (Å²) in [5.41, 5.74) is 1.22. The second-order valence-electron chi connectivity index (χ2n) is 5.20. The zero-order valence-corrected chi connectivity index (χ0v) is 16.2. The molecule has 1 amide bonds. The second kappa shape index (κ2) is 9.64. The third kappa shape index (κ3) is 5.36. The minimum Gasteiger partial charge on any atom is -0.494 e. The highest BCUT2D eigenvalue weighted by atomic mass is 79.9. The van der Waals surface area contributed by atoms with Crippen molar-refractivity contribution >= 4 is 33.6 Å². The van der Waals surface area contributed by atoms with Gasteiger partial charge in [0.2, 0.25) is 0 Å². The van der Waals surface area contributed by atoms with Gasteiger partial charge in [-0.05, 0) is 50.3 Å². The lowest BCUT2D eigenvalue weighted by Gasteiger charge is -2.11. The van der Waals surface area contributed by atoms with Crippen LogP contribution in [0.2, 0.25) is 0 Å². The minimum absolute atomic E-state index is 0.0184. The maximum atomic E-state index is 12.4. The van der Waals surface area contributed by atoms with E-state index in [4.69, 9.17) is 9.47 Å². The molecule has 0 unspecified atom stereocenters. The summed E-state index contributed by atoms with van der Waals surface area (Å²) in [4.78, 5) is 12.4. The van der Waals surface area contributed by atoms with Gasteiger partial charge in [0.25, 0.3) is 5.91 Å². The number of nitriles is 1. The van der Waals surface area contributed by atoms with E-state index in [9.17, 15) is 10.1 Å². The molecular formula is C20H19BrN2O3. The monoisotopic (exact) mass is 414 g/mol. The molecule has 0 atom stereocenters. The van der Waals surface area contributed by atoms with E-state index in [0.717, 1.165) is 4.47 Å². The number of anilines is 1. The summed E-state index contributed by atoms with van der Waals surface area (Å²) >= 11 is 3.35. The summed E-state index contributed by atoms with van der Waals surface area (Å²) in [6.45, 7) is 4.77. The van der Waals surface area contributed by atoms with Crippen molar-refractivity contribution < 1.29 is 14.3 Å². The number of rotatable bonds is 7. The van der Waals surface area contributed by atoms with Gasteiger partial charge in [-0.1, -0.05) is 22.0 Å².